The lowest BCUT2D eigenvalue weighted by Crippen LogP contribution is -2.32. The van der Waals surface area contributed by atoms with Crippen LogP contribution in [0.25, 0.3) is 0 Å². The fourth-order valence-electron chi connectivity index (χ4n) is 3.63. The van der Waals surface area contributed by atoms with Crippen molar-refractivity contribution in [2.75, 3.05) is 11.5 Å². The number of Topliss-reactive ketones (excluding diaryl/α,β-unsaturated/α-hetero) is 1. The molecule has 0 spiro atoms. The number of ketones is 1. The summed E-state index contributed by atoms with van der Waals surface area (Å²) in [5.41, 5.74) is 1.79. The van der Waals surface area contributed by atoms with Crippen molar-refractivity contribution in [2.45, 2.75) is 47.6 Å². The Bertz CT molecular complexity index is 1010. The number of amides is 1. The number of hydrogen-bond donors (Lipinski definition) is 1. The minimum atomic E-state index is -0.740. The average molecular weight is 422 g/mol. The van der Waals surface area contributed by atoms with Gasteiger partial charge in [-0.25, -0.2) is 0 Å². The van der Waals surface area contributed by atoms with E-state index < -0.39 is 23.1 Å². The van der Waals surface area contributed by atoms with Crippen LogP contribution in [0.2, 0.25) is 0 Å². The van der Waals surface area contributed by atoms with Gasteiger partial charge in [0.15, 0.2) is 11.5 Å². The summed E-state index contributed by atoms with van der Waals surface area (Å²) in [6.07, 6.45) is 0. The van der Waals surface area contributed by atoms with Gasteiger partial charge < -0.3 is 9.84 Å². The van der Waals surface area contributed by atoms with Crippen LogP contribution in [0.3, 0.4) is 0 Å². The minimum Gasteiger partial charge on any atom is -0.503 e. The van der Waals surface area contributed by atoms with Gasteiger partial charge in [-0.3, -0.25) is 14.5 Å². The highest BCUT2D eigenvalue weighted by Gasteiger charge is 2.46. The maximum absolute atomic E-state index is 13.3. The van der Waals surface area contributed by atoms with Crippen LogP contribution in [0.15, 0.2) is 59.9 Å². The third-order valence-electron chi connectivity index (χ3n) is 5.19. The lowest BCUT2D eigenvalue weighted by atomic mass is 9.82. The van der Waals surface area contributed by atoms with Crippen molar-refractivity contribution in [3.8, 4) is 5.75 Å². The molecule has 3 rings (SSSR count). The molecule has 1 heterocycles. The monoisotopic (exact) mass is 421 g/mol. The largest absolute Gasteiger partial charge is 0.503 e. The van der Waals surface area contributed by atoms with Crippen molar-refractivity contribution >= 4 is 17.4 Å². The highest BCUT2D eigenvalue weighted by Crippen LogP contribution is 2.43. The maximum atomic E-state index is 13.3. The molecule has 0 bridgehead atoms. The number of rotatable bonds is 6. The van der Waals surface area contributed by atoms with Gasteiger partial charge in [-0.1, -0.05) is 64.4 Å². The van der Waals surface area contributed by atoms with Gasteiger partial charge in [-0.15, -0.1) is 0 Å². The first-order chi connectivity index (χ1) is 14.5. The van der Waals surface area contributed by atoms with E-state index in [1.54, 1.807) is 45.0 Å². The van der Waals surface area contributed by atoms with Gasteiger partial charge in [0.25, 0.3) is 5.91 Å². The fraction of sp³-hybridized carbons (Fsp3) is 0.385. The minimum absolute atomic E-state index is 0.142. The Labute approximate surface area is 184 Å². The van der Waals surface area contributed by atoms with Crippen LogP contribution in [0.4, 0.5) is 5.69 Å². The fourth-order valence-corrected chi connectivity index (χ4v) is 3.63. The molecule has 2 aromatic rings. The van der Waals surface area contributed by atoms with E-state index in [4.69, 9.17) is 4.74 Å². The number of ether oxygens (including phenoxy) is 1. The van der Waals surface area contributed by atoms with Crippen molar-refractivity contribution < 1.29 is 19.4 Å². The molecule has 2 aromatic carbocycles. The molecule has 5 heteroatoms. The molecular formula is C26H31NO4. The lowest BCUT2D eigenvalue weighted by Gasteiger charge is -2.29. The molecule has 0 saturated heterocycles. The molecule has 0 radical (unpaired) electrons. The van der Waals surface area contributed by atoms with Gasteiger partial charge in [-0.05, 0) is 42.7 Å². The lowest BCUT2D eigenvalue weighted by molar-refractivity contribution is -0.123. The number of hydrogen-bond acceptors (Lipinski definition) is 4. The summed E-state index contributed by atoms with van der Waals surface area (Å²) in [5, 5.41) is 10.8. The summed E-state index contributed by atoms with van der Waals surface area (Å²) >= 11 is 0. The number of carbonyl (C=O) groups is 2. The van der Waals surface area contributed by atoms with E-state index in [0.717, 1.165) is 11.1 Å². The predicted octanol–water partition coefficient (Wildman–Crippen LogP) is 5.55. The van der Waals surface area contributed by atoms with Crippen LogP contribution in [0.5, 0.6) is 5.75 Å². The van der Waals surface area contributed by atoms with E-state index in [1.165, 1.54) is 4.90 Å². The van der Waals surface area contributed by atoms with Crippen LogP contribution in [0, 0.1) is 18.3 Å². The van der Waals surface area contributed by atoms with Gasteiger partial charge in [-0.2, -0.15) is 0 Å². The smallest absolute Gasteiger partial charge is 0.294 e. The molecule has 1 unspecified atom stereocenters. The van der Waals surface area contributed by atoms with E-state index in [9.17, 15) is 14.7 Å². The number of aryl methyl sites for hydroxylation is 1. The summed E-state index contributed by atoms with van der Waals surface area (Å²) in [6, 6.07) is 14.2. The Kier molecular flexibility index (Phi) is 6.25. The Balaban J connectivity index is 2.07. The summed E-state index contributed by atoms with van der Waals surface area (Å²) in [4.78, 5) is 27.9. The predicted molar refractivity (Wildman–Crippen MR) is 122 cm³/mol. The zero-order valence-electron chi connectivity index (χ0n) is 19.1. The van der Waals surface area contributed by atoms with Gasteiger partial charge in [0.2, 0.25) is 0 Å². The van der Waals surface area contributed by atoms with E-state index in [0.29, 0.717) is 24.0 Å². The van der Waals surface area contributed by atoms with E-state index in [2.05, 4.69) is 13.8 Å². The standard InChI is InChI=1S/C26H31NO4/c1-16(2)15-31-20-12-10-19(11-13-20)27-22(18-9-7-8-17(3)14-18)21(23(28)25(27)30)24(29)26(4,5)6/h7-14,16,22,28H,15H2,1-6H3. The molecule has 0 saturated carbocycles. The van der Waals surface area contributed by atoms with Crippen molar-refractivity contribution in [1.29, 1.82) is 0 Å². The molecule has 1 aliphatic rings. The Hall–Kier alpha value is -3.08. The number of anilines is 1. The summed E-state index contributed by atoms with van der Waals surface area (Å²) in [6.45, 7) is 12.1. The molecule has 0 aromatic heterocycles. The average Bonchev–Trinajstić information content (AvgIpc) is 2.96. The molecule has 1 amide bonds. The van der Waals surface area contributed by atoms with Gasteiger partial charge >= 0.3 is 0 Å². The highest BCUT2D eigenvalue weighted by molar-refractivity contribution is 6.17. The van der Waals surface area contributed by atoms with E-state index in [-0.39, 0.29) is 11.4 Å². The zero-order valence-corrected chi connectivity index (χ0v) is 19.1. The molecule has 0 fully saturated rings. The normalized spacial score (nSPS) is 16.9. The maximum Gasteiger partial charge on any atom is 0.294 e. The molecule has 164 valence electrons. The van der Waals surface area contributed by atoms with Crippen molar-refractivity contribution in [1.82, 2.24) is 0 Å². The number of aliphatic hydroxyl groups excluding tert-OH is 1. The number of nitrogens with zero attached hydrogens (tertiary/aromatic N) is 1. The molecule has 1 atom stereocenters. The SMILES string of the molecule is Cc1cccc(C2C(C(=O)C(C)(C)C)=C(O)C(=O)N2c2ccc(OCC(C)C)cc2)c1. The third-order valence-corrected chi connectivity index (χ3v) is 5.19. The molecule has 1 aliphatic heterocycles. The number of aliphatic hydroxyl groups is 1. The van der Waals surface area contributed by atoms with E-state index >= 15 is 0 Å². The number of carbonyl (C=O) groups excluding carboxylic acids is 2. The van der Waals surface area contributed by atoms with Crippen LogP contribution in [0.1, 0.15) is 51.8 Å². The topological polar surface area (TPSA) is 66.8 Å². The number of benzene rings is 2. The molecule has 1 N–H and O–H groups in total. The zero-order chi connectivity index (χ0) is 22.9. The second-order valence-electron chi connectivity index (χ2n) is 9.53. The molecule has 31 heavy (non-hydrogen) atoms. The van der Waals surface area contributed by atoms with E-state index in [1.807, 2.05) is 31.2 Å². The first kappa shape index (κ1) is 22.6. The summed E-state index contributed by atoms with van der Waals surface area (Å²) < 4.78 is 5.75. The van der Waals surface area contributed by atoms with Crippen LogP contribution >= 0.6 is 0 Å². The summed E-state index contributed by atoms with van der Waals surface area (Å²) in [7, 11) is 0. The van der Waals surface area contributed by atoms with Crippen LogP contribution in [-0.2, 0) is 9.59 Å². The Morgan fingerprint density at radius 1 is 1.13 bits per heavy atom. The molecule has 5 nitrogen and oxygen atoms in total. The highest BCUT2D eigenvalue weighted by atomic mass is 16.5. The Morgan fingerprint density at radius 2 is 1.77 bits per heavy atom. The second kappa shape index (κ2) is 8.58. The Morgan fingerprint density at radius 3 is 2.32 bits per heavy atom. The second-order valence-corrected chi connectivity index (χ2v) is 9.53. The van der Waals surface area contributed by atoms with Crippen LogP contribution < -0.4 is 9.64 Å². The van der Waals surface area contributed by atoms with Gasteiger partial charge in [0.05, 0.1) is 18.2 Å². The van der Waals surface area contributed by atoms with Crippen molar-refractivity contribution in [2.24, 2.45) is 11.3 Å². The first-order valence-electron chi connectivity index (χ1n) is 10.6. The van der Waals surface area contributed by atoms with Crippen molar-refractivity contribution in [3.63, 3.8) is 0 Å². The van der Waals surface area contributed by atoms with Crippen LogP contribution in [-0.4, -0.2) is 23.4 Å². The summed E-state index contributed by atoms with van der Waals surface area (Å²) in [5.74, 6) is -0.192. The quantitative estimate of drug-likeness (QED) is 0.664. The first-order valence-corrected chi connectivity index (χ1v) is 10.6. The molecule has 0 aliphatic carbocycles. The van der Waals surface area contributed by atoms with Gasteiger partial charge in [0.1, 0.15) is 5.75 Å². The van der Waals surface area contributed by atoms with Crippen molar-refractivity contribution in [3.05, 3.63) is 71.0 Å². The third kappa shape index (κ3) is 4.66. The van der Waals surface area contributed by atoms with Gasteiger partial charge in [0, 0.05) is 11.1 Å². The molecular weight excluding hydrogens is 390 g/mol.